The highest BCUT2D eigenvalue weighted by molar-refractivity contribution is 8.00. The topological polar surface area (TPSA) is 41.5 Å². The number of rotatable bonds is 3. The number of benzene rings is 3. The Morgan fingerprint density at radius 1 is 0.923 bits per heavy atom. The van der Waals surface area contributed by atoms with E-state index in [1.54, 1.807) is 36.0 Å². The number of nitrogens with one attached hydrogen (secondary N) is 1. The molecule has 26 heavy (non-hydrogen) atoms. The number of hydrogen-bond acceptors (Lipinski definition) is 3. The Kier molecular flexibility index (Phi) is 4.78. The highest BCUT2D eigenvalue weighted by Crippen LogP contribution is 2.38. The summed E-state index contributed by atoms with van der Waals surface area (Å²) < 4.78 is 0. The Morgan fingerprint density at radius 2 is 1.62 bits per heavy atom. The Balaban J connectivity index is 1.67. The molecule has 0 unspecified atom stereocenters. The fourth-order valence-electron chi connectivity index (χ4n) is 2.75. The summed E-state index contributed by atoms with van der Waals surface area (Å²) in [6, 6.07) is 24.8. The molecule has 0 saturated heterocycles. The molecule has 5 heteroatoms. The van der Waals surface area contributed by atoms with Crippen LogP contribution in [0.5, 0.6) is 0 Å². The van der Waals surface area contributed by atoms with Crippen molar-refractivity contribution in [1.29, 1.82) is 0 Å². The molecule has 1 atom stereocenters. The van der Waals surface area contributed by atoms with Gasteiger partial charge in [0, 0.05) is 15.5 Å². The van der Waals surface area contributed by atoms with Gasteiger partial charge in [0.15, 0.2) is 0 Å². The number of para-hydroxylation sites is 1. The SMILES string of the molecule is O=C(N[C@@H]1Sc2ccccc2N=C1c1ccccc1)c1ccc(Cl)cc1. The molecule has 1 N–H and O–H groups in total. The summed E-state index contributed by atoms with van der Waals surface area (Å²) in [5, 5.41) is 3.43. The predicted molar refractivity (Wildman–Crippen MR) is 108 cm³/mol. The smallest absolute Gasteiger partial charge is 0.252 e. The van der Waals surface area contributed by atoms with Crippen LogP contribution in [0.4, 0.5) is 5.69 Å². The minimum absolute atomic E-state index is 0.151. The molecule has 0 spiro atoms. The molecule has 1 aliphatic rings. The summed E-state index contributed by atoms with van der Waals surface area (Å²) in [6.07, 6.45) is 0. The van der Waals surface area contributed by atoms with Gasteiger partial charge in [-0.1, -0.05) is 65.8 Å². The molecule has 0 radical (unpaired) electrons. The molecule has 0 saturated carbocycles. The van der Waals surface area contributed by atoms with E-state index >= 15 is 0 Å². The van der Waals surface area contributed by atoms with Crippen molar-refractivity contribution in [3.05, 3.63) is 95.0 Å². The van der Waals surface area contributed by atoms with Crippen molar-refractivity contribution < 1.29 is 4.79 Å². The number of hydrogen-bond donors (Lipinski definition) is 1. The number of carbonyl (C=O) groups is 1. The van der Waals surface area contributed by atoms with Crippen molar-refractivity contribution in [2.75, 3.05) is 0 Å². The zero-order chi connectivity index (χ0) is 17.9. The van der Waals surface area contributed by atoms with E-state index in [4.69, 9.17) is 16.6 Å². The molecule has 3 aromatic carbocycles. The monoisotopic (exact) mass is 378 g/mol. The van der Waals surface area contributed by atoms with Gasteiger partial charge in [-0.25, -0.2) is 4.99 Å². The zero-order valence-corrected chi connectivity index (χ0v) is 15.3. The van der Waals surface area contributed by atoms with Gasteiger partial charge in [0.05, 0.1) is 11.4 Å². The Hall–Kier alpha value is -2.56. The van der Waals surface area contributed by atoms with Gasteiger partial charge in [-0.2, -0.15) is 0 Å². The van der Waals surface area contributed by atoms with E-state index in [2.05, 4.69) is 5.32 Å². The van der Waals surface area contributed by atoms with Crippen LogP contribution in [0, 0.1) is 0 Å². The summed E-state index contributed by atoms with van der Waals surface area (Å²) >= 11 is 7.51. The highest BCUT2D eigenvalue weighted by Gasteiger charge is 2.26. The molecule has 0 bridgehead atoms. The third-order valence-electron chi connectivity index (χ3n) is 4.04. The van der Waals surface area contributed by atoms with Crippen molar-refractivity contribution in [1.82, 2.24) is 5.32 Å². The second kappa shape index (κ2) is 7.36. The van der Waals surface area contributed by atoms with E-state index in [0.717, 1.165) is 21.9 Å². The van der Waals surface area contributed by atoms with Crippen molar-refractivity contribution in [3.8, 4) is 0 Å². The first-order valence-electron chi connectivity index (χ1n) is 8.17. The van der Waals surface area contributed by atoms with Gasteiger partial charge in [0.25, 0.3) is 5.91 Å². The van der Waals surface area contributed by atoms with Gasteiger partial charge in [-0.3, -0.25) is 4.79 Å². The summed E-state index contributed by atoms with van der Waals surface area (Å²) in [4.78, 5) is 18.6. The number of halogens is 1. The molecule has 0 aromatic heterocycles. The number of carbonyl (C=O) groups excluding carboxylic acids is 1. The number of amides is 1. The lowest BCUT2D eigenvalue weighted by atomic mass is 10.1. The third kappa shape index (κ3) is 3.52. The van der Waals surface area contributed by atoms with Gasteiger partial charge in [-0.15, -0.1) is 0 Å². The van der Waals surface area contributed by atoms with Crippen LogP contribution >= 0.6 is 23.4 Å². The maximum absolute atomic E-state index is 12.7. The van der Waals surface area contributed by atoms with Crippen LogP contribution in [0.2, 0.25) is 5.02 Å². The second-order valence-electron chi connectivity index (χ2n) is 5.81. The summed E-state index contributed by atoms with van der Waals surface area (Å²) in [6.45, 7) is 0. The van der Waals surface area contributed by atoms with E-state index in [-0.39, 0.29) is 11.3 Å². The fourth-order valence-corrected chi connectivity index (χ4v) is 3.98. The van der Waals surface area contributed by atoms with Gasteiger partial charge >= 0.3 is 0 Å². The van der Waals surface area contributed by atoms with Crippen LogP contribution < -0.4 is 5.32 Å². The van der Waals surface area contributed by atoms with Gasteiger partial charge in [0.2, 0.25) is 0 Å². The lowest BCUT2D eigenvalue weighted by molar-refractivity contribution is 0.0956. The van der Waals surface area contributed by atoms with Crippen LogP contribution in [0.3, 0.4) is 0 Å². The molecule has 1 aliphatic heterocycles. The minimum atomic E-state index is -0.268. The standard InChI is InChI=1S/C21H15ClN2OS/c22-16-12-10-15(11-13-16)20(25)24-21-19(14-6-2-1-3-7-14)23-17-8-4-5-9-18(17)26-21/h1-13,21H,(H,24,25)/t21-/m1/s1. The van der Waals surface area contributed by atoms with Crippen LogP contribution in [0.15, 0.2) is 88.8 Å². The Bertz CT molecular complexity index is 971. The van der Waals surface area contributed by atoms with Crippen LogP contribution in [0.25, 0.3) is 0 Å². The van der Waals surface area contributed by atoms with Crippen LogP contribution in [-0.4, -0.2) is 17.0 Å². The predicted octanol–water partition coefficient (Wildman–Crippen LogP) is 5.32. The van der Waals surface area contributed by atoms with E-state index in [1.165, 1.54) is 0 Å². The molecule has 3 aromatic rings. The number of thioether (sulfide) groups is 1. The Morgan fingerprint density at radius 3 is 2.38 bits per heavy atom. The van der Waals surface area contributed by atoms with Gasteiger partial charge in [-0.05, 0) is 42.0 Å². The third-order valence-corrected chi connectivity index (χ3v) is 5.47. The first-order valence-corrected chi connectivity index (χ1v) is 9.42. The molecule has 0 fully saturated rings. The minimum Gasteiger partial charge on any atom is -0.334 e. The quantitative estimate of drug-likeness (QED) is 0.669. The largest absolute Gasteiger partial charge is 0.334 e. The maximum atomic E-state index is 12.7. The van der Waals surface area contributed by atoms with E-state index in [1.807, 2.05) is 54.6 Å². The zero-order valence-electron chi connectivity index (χ0n) is 13.7. The average molecular weight is 379 g/mol. The molecular weight excluding hydrogens is 364 g/mol. The summed E-state index contributed by atoms with van der Waals surface area (Å²) in [5.41, 5.74) is 3.34. The van der Waals surface area contributed by atoms with Gasteiger partial charge < -0.3 is 5.32 Å². The molecule has 128 valence electrons. The first kappa shape index (κ1) is 16.9. The Labute approximate surface area is 161 Å². The van der Waals surface area contributed by atoms with Crippen LogP contribution in [0.1, 0.15) is 15.9 Å². The number of nitrogens with zero attached hydrogens (tertiary/aromatic N) is 1. The second-order valence-corrected chi connectivity index (χ2v) is 7.39. The van der Waals surface area contributed by atoms with Gasteiger partial charge in [0.1, 0.15) is 5.37 Å². The maximum Gasteiger partial charge on any atom is 0.252 e. The highest BCUT2D eigenvalue weighted by atomic mass is 35.5. The average Bonchev–Trinajstić information content (AvgIpc) is 2.68. The first-order chi connectivity index (χ1) is 12.7. The summed E-state index contributed by atoms with van der Waals surface area (Å²) in [5.74, 6) is -0.151. The number of fused-ring (bicyclic) bond motifs is 1. The number of aliphatic imine (C=N–C) groups is 1. The summed E-state index contributed by atoms with van der Waals surface area (Å²) in [7, 11) is 0. The van der Waals surface area contributed by atoms with E-state index < -0.39 is 0 Å². The molecule has 3 nitrogen and oxygen atoms in total. The molecule has 0 aliphatic carbocycles. The van der Waals surface area contributed by atoms with Crippen molar-refractivity contribution in [3.63, 3.8) is 0 Å². The van der Waals surface area contributed by atoms with Crippen LogP contribution in [-0.2, 0) is 0 Å². The van der Waals surface area contributed by atoms with E-state index in [9.17, 15) is 4.79 Å². The molecular formula is C21H15ClN2OS. The molecule has 4 rings (SSSR count). The molecule has 1 heterocycles. The normalized spacial score (nSPS) is 15.7. The van der Waals surface area contributed by atoms with Crippen molar-refractivity contribution >= 4 is 40.7 Å². The molecule has 1 amide bonds. The lowest BCUT2D eigenvalue weighted by Gasteiger charge is -2.25. The lowest BCUT2D eigenvalue weighted by Crippen LogP contribution is -2.39. The van der Waals surface area contributed by atoms with Crippen molar-refractivity contribution in [2.24, 2.45) is 4.99 Å². The fraction of sp³-hybridized carbons (Fsp3) is 0.0476. The van der Waals surface area contributed by atoms with E-state index in [0.29, 0.717) is 10.6 Å². The van der Waals surface area contributed by atoms with Crippen molar-refractivity contribution in [2.45, 2.75) is 10.3 Å².